The van der Waals surface area contributed by atoms with Crippen LogP contribution in [0.2, 0.25) is 0 Å². The lowest BCUT2D eigenvalue weighted by Gasteiger charge is -2.04. The second-order valence-corrected chi connectivity index (χ2v) is 7.10. The number of aromatic amines is 2. The molecule has 0 aromatic carbocycles. The zero-order chi connectivity index (χ0) is 16.7. The van der Waals surface area contributed by atoms with Crippen LogP contribution in [0.25, 0.3) is 0 Å². The first kappa shape index (κ1) is 17.9. The average molecular weight is 358 g/mol. The molecule has 0 unspecified atom stereocenters. The Morgan fingerprint density at radius 3 is 1.70 bits per heavy atom. The molecule has 0 saturated carbocycles. The second-order valence-electron chi connectivity index (χ2n) is 4.98. The number of hydrogen-bond donors (Lipinski definition) is 2. The molecule has 0 aliphatic rings. The van der Waals surface area contributed by atoms with Crippen molar-refractivity contribution in [3.8, 4) is 0 Å². The first-order chi connectivity index (χ1) is 11.2. The van der Waals surface area contributed by atoms with E-state index in [9.17, 15) is 9.59 Å². The highest BCUT2D eigenvalue weighted by Gasteiger charge is 2.09. The van der Waals surface area contributed by atoms with Gasteiger partial charge in [0.25, 0.3) is 0 Å². The van der Waals surface area contributed by atoms with E-state index in [2.05, 4.69) is 20.4 Å². The Morgan fingerprint density at radius 2 is 1.30 bits per heavy atom. The smallest absolute Gasteiger partial charge is 0.270 e. The number of hydrogen-bond acceptors (Lipinski definition) is 6. The standard InChI is InChI=1S/C13H22N6O2S2/c1-3-6-18-10(20)14-16-12(18)22-8-5-9-23-13-17-15-11(21)19(13)7-4-2/h3-9H2,1-2H3,(H,14,20)(H,15,21). The largest absolute Gasteiger partial charge is 0.343 e. The van der Waals surface area contributed by atoms with Crippen molar-refractivity contribution in [2.75, 3.05) is 11.5 Å². The van der Waals surface area contributed by atoms with E-state index < -0.39 is 0 Å². The summed E-state index contributed by atoms with van der Waals surface area (Å²) in [5, 5.41) is 14.6. The Morgan fingerprint density at radius 1 is 0.870 bits per heavy atom. The molecule has 10 heteroatoms. The van der Waals surface area contributed by atoms with Gasteiger partial charge in [0, 0.05) is 24.6 Å². The number of thioether (sulfide) groups is 2. The van der Waals surface area contributed by atoms with Gasteiger partial charge in [-0.25, -0.2) is 19.8 Å². The summed E-state index contributed by atoms with van der Waals surface area (Å²) in [4.78, 5) is 23.2. The molecule has 0 amide bonds. The lowest BCUT2D eigenvalue weighted by atomic mass is 10.5. The molecule has 2 aromatic heterocycles. The van der Waals surface area contributed by atoms with Crippen LogP contribution in [-0.4, -0.2) is 41.0 Å². The quantitative estimate of drug-likeness (QED) is 0.494. The lowest BCUT2D eigenvalue weighted by Crippen LogP contribution is -2.17. The van der Waals surface area contributed by atoms with Crippen LogP contribution < -0.4 is 11.4 Å². The molecule has 0 saturated heterocycles. The molecule has 23 heavy (non-hydrogen) atoms. The van der Waals surface area contributed by atoms with Gasteiger partial charge in [-0.05, 0) is 19.3 Å². The van der Waals surface area contributed by atoms with Crippen LogP contribution in [0.3, 0.4) is 0 Å². The minimum atomic E-state index is -0.149. The fraction of sp³-hybridized carbons (Fsp3) is 0.692. The Labute approximate surface area is 142 Å². The van der Waals surface area contributed by atoms with Crippen LogP contribution in [0.5, 0.6) is 0 Å². The van der Waals surface area contributed by atoms with E-state index in [4.69, 9.17) is 0 Å². The molecule has 128 valence electrons. The van der Waals surface area contributed by atoms with Gasteiger partial charge in [-0.1, -0.05) is 37.4 Å². The SMILES string of the molecule is CCCn1c(SCCCSc2n[nH]c(=O)n2CCC)n[nH]c1=O. The van der Waals surface area contributed by atoms with Crippen molar-refractivity contribution >= 4 is 23.5 Å². The summed E-state index contributed by atoms with van der Waals surface area (Å²) in [5.74, 6) is 1.73. The van der Waals surface area contributed by atoms with Crippen molar-refractivity contribution in [3.05, 3.63) is 21.0 Å². The van der Waals surface area contributed by atoms with E-state index in [-0.39, 0.29) is 11.4 Å². The Hall–Kier alpha value is -1.42. The topological polar surface area (TPSA) is 101 Å². The zero-order valence-electron chi connectivity index (χ0n) is 13.4. The van der Waals surface area contributed by atoms with Gasteiger partial charge in [-0.2, -0.15) is 0 Å². The van der Waals surface area contributed by atoms with Gasteiger partial charge in [-0.3, -0.25) is 9.13 Å². The summed E-state index contributed by atoms with van der Waals surface area (Å²) >= 11 is 3.15. The maximum absolute atomic E-state index is 11.6. The average Bonchev–Trinajstić information content (AvgIpc) is 3.06. The van der Waals surface area contributed by atoms with Gasteiger partial charge < -0.3 is 0 Å². The van der Waals surface area contributed by atoms with Gasteiger partial charge in [-0.15, -0.1) is 10.2 Å². The minimum Gasteiger partial charge on any atom is -0.270 e. The number of rotatable bonds is 10. The van der Waals surface area contributed by atoms with Crippen molar-refractivity contribution in [1.29, 1.82) is 0 Å². The highest BCUT2D eigenvalue weighted by Crippen LogP contribution is 2.19. The van der Waals surface area contributed by atoms with E-state index in [1.54, 1.807) is 32.7 Å². The lowest BCUT2D eigenvalue weighted by molar-refractivity contribution is 0.603. The molecule has 0 bridgehead atoms. The minimum absolute atomic E-state index is 0.149. The van der Waals surface area contributed by atoms with Crippen LogP contribution in [0.4, 0.5) is 0 Å². The third-order valence-corrected chi connectivity index (χ3v) is 5.22. The summed E-state index contributed by atoms with van der Waals surface area (Å²) in [5.41, 5.74) is -0.298. The zero-order valence-corrected chi connectivity index (χ0v) is 15.0. The molecule has 0 radical (unpaired) electrons. The summed E-state index contributed by atoms with van der Waals surface area (Å²) in [6.45, 7) is 5.43. The monoisotopic (exact) mass is 358 g/mol. The predicted molar refractivity (Wildman–Crippen MR) is 92.3 cm³/mol. The summed E-state index contributed by atoms with van der Waals surface area (Å²) in [6, 6.07) is 0. The van der Waals surface area contributed by atoms with E-state index in [1.165, 1.54) is 0 Å². The van der Waals surface area contributed by atoms with Crippen LogP contribution in [0.1, 0.15) is 33.1 Å². The van der Waals surface area contributed by atoms with E-state index in [1.807, 2.05) is 13.8 Å². The maximum Gasteiger partial charge on any atom is 0.343 e. The van der Waals surface area contributed by atoms with Crippen LogP contribution in [-0.2, 0) is 13.1 Å². The van der Waals surface area contributed by atoms with Crippen molar-refractivity contribution in [3.63, 3.8) is 0 Å². The maximum atomic E-state index is 11.6. The van der Waals surface area contributed by atoms with E-state index >= 15 is 0 Å². The van der Waals surface area contributed by atoms with Gasteiger partial charge in [0.1, 0.15) is 0 Å². The normalized spacial score (nSPS) is 11.2. The van der Waals surface area contributed by atoms with Crippen molar-refractivity contribution < 1.29 is 0 Å². The molecule has 2 heterocycles. The molecule has 0 aliphatic carbocycles. The van der Waals surface area contributed by atoms with Gasteiger partial charge in [0.05, 0.1) is 0 Å². The van der Waals surface area contributed by atoms with Gasteiger partial charge >= 0.3 is 11.4 Å². The number of nitrogens with one attached hydrogen (secondary N) is 2. The summed E-state index contributed by atoms with van der Waals surface area (Å²) in [7, 11) is 0. The Kier molecular flexibility index (Phi) is 7.03. The molecule has 0 aliphatic heterocycles. The van der Waals surface area contributed by atoms with Crippen molar-refractivity contribution in [2.24, 2.45) is 0 Å². The molecule has 2 rings (SSSR count). The molecule has 8 nitrogen and oxygen atoms in total. The first-order valence-corrected chi connectivity index (χ1v) is 9.70. The predicted octanol–water partition coefficient (Wildman–Crippen LogP) is 1.55. The van der Waals surface area contributed by atoms with Crippen molar-refractivity contribution in [1.82, 2.24) is 29.5 Å². The molecule has 0 spiro atoms. The summed E-state index contributed by atoms with van der Waals surface area (Å²) < 4.78 is 3.34. The molecule has 0 atom stereocenters. The van der Waals surface area contributed by atoms with E-state index in [0.717, 1.165) is 41.1 Å². The molecular weight excluding hydrogens is 336 g/mol. The van der Waals surface area contributed by atoms with Crippen LogP contribution in [0, 0.1) is 0 Å². The van der Waals surface area contributed by atoms with Gasteiger partial charge in [0.2, 0.25) is 0 Å². The highest BCUT2D eigenvalue weighted by atomic mass is 32.2. The third-order valence-electron chi connectivity index (χ3n) is 3.09. The fourth-order valence-corrected chi connectivity index (χ4v) is 4.06. The van der Waals surface area contributed by atoms with E-state index in [0.29, 0.717) is 13.1 Å². The first-order valence-electron chi connectivity index (χ1n) is 7.73. The molecular formula is C13H22N6O2S2. The van der Waals surface area contributed by atoms with Gasteiger partial charge in [0.15, 0.2) is 10.3 Å². The third kappa shape index (κ3) is 4.77. The highest BCUT2D eigenvalue weighted by molar-refractivity contribution is 8.00. The molecule has 2 aromatic rings. The molecule has 0 fully saturated rings. The Balaban J connectivity index is 1.78. The second kappa shape index (κ2) is 9.02. The number of nitrogens with zero attached hydrogens (tertiary/aromatic N) is 4. The molecule has 2 N–H and O–H groups in total. The number of aromatic nitrogens is 6. The fourth-order valence-electron chi connectivity index (χ4n) is 2.05. The summed E-state index contributed by atoms with van der Waals surface area (Å²) in [6.07, 6.45) is 2.74. The van der Waals surface area contributed by atoms with Crippen LogP contribution >= 0.6 is 23.5 Å². The van der Waals surface area contributed by atoms with Crippen LogP contribution in [0.15, 0.2) is 19.9 Å². The Bertz CT molecular complexity index is 656. The van der Waals surface area contributed by atoms with Crippen molar-refractivity contribution in [2.45, 2.75) is 56.5 Å². The number of H-pyrrole nitrogens is 2.